The number of carbonyl (C=O) groups is 1. The van der Waals surface area contributed by atoms with Gasteiger partial charge in [0.2, 0.25) is 5.82 Å². The second kappa shape index (κ2) is 8.20. The summed E-state index contributed by atoms with van der Waals surface area (Å²) in [5, 5.41) is 4.52. The number of anilines is 1. The predicted molar refractivity (Wildman–Crippen MR) is 120 cm³/mol. The van der Waals surface area contributed by atoms with Crippen LogP contribution in [0.4, 0.5) is 10.1 Å². The number of hydrogen-bond donors (Lipinski definition) is 0. The lowest BCUT2D eigenvalue weighted by atomic mass is 10.1. The Hall–Kier alpha value is -3.37. The molecule has 0 N–H and O–H groups in total. The van der Waals surface area contributed by atoms with Gasteiger partial charge in [-0.2, -0.15) is 9.67 Å². The molecule has 2 atom stereocenters. The summed E-state index contributed by atoms with van der Waals surface area (Å²) < 4.78 is 25.8. The monoisotopic (exact) mass is 465 g/mol. The molecular formula is C23H20FN5O3S. The third kappa shape index (κ3) is 3.65. The van der Waals surface area contributed by atoms with Crippen molar-refractivity contribution >= 4 is 23.4 Å². The van der Waals surface area contributed by atoms with E-state index in [4.69, 9.17) is 8.83 Å². The van der Waals surface area contributed by atoms with Crippen molar-refractivity contribution in [2.24, 2.45) is 0 Å². The van der Waals surface area contributed by atoms with Crippen LogP contribution in [-0.2, 0) is 0 Å². The standard InChI is InChI=1S/C23H20FN5O3S/c24-15-5-7-16(8-6-15)27-9-11-28(12-10-27)19(17-3-1-13-31-17)20-22(30)29-23(33-20)25-21(26-29)18-4-2-14-32-18/h1-8,13-14,19-20H,9-12H2. The van der Waals surface area contributed by atoms with Gasteiger partial charge in [0.1, 0.15) is 16.8 Å². The average molecular weight is 466 g/mol. The number of halogens is 1. The van der Waals surface area contributed by atoms with Gasteiger partial charge in [0.05, 0.1) is 18.6 Å². The van der Waals surface area contributed by atoms with Gasteiger partial charge in [-0.3, -0.25) is 9.69 Å². The Kier molecular flexibility index (Phi) is 5.03. The molecule has 4 aromatic rings. The minimum atomic E-state index is -0.422. The molecule has 0 spiro atoms. The molecule has 8 nitrogen and oxygen atoms in total. The first kappa shape index (κ1) is 20.3. The van der Waals surface area contributed by atoms with E-state index in [0.717, 1.165) is 37.6 Å². The number of carbonyl (C=O) groups excluding carboxylic acids is 1. The molecule has 2 aliphatic rings. The summed E-state index contributed by atoms with van der Waals surface area (Å²) in [6.07, 6.45) is 3.19. The van der Waals surface area contributed by atoms with E-state index in [1.165, 1.54) is 28.6 Å². The number of rotatable bonds is 5. The fourth-order valence-corrected chi connectivity index (χ4v) is 5.63. The van der Waals surface area contributed by atoms with E-state index in [9.17, 15) is 9.18 Å². The second-order valence-electron chi connectivity index (χ2n) is 7.94. The quantitative estimate of drug-likeness (QED) is 0.438. The van der Waals surface area contributed by atoms with Crippen LogP contribution in [0.3, 0.4) is 0 Å². The number of benzene rings is 1. The molecule has 1 aromatic carbocycles. The van der Waals surface area contributed by atoms with Gasteiger partial charge in [0.25, 0.3) is 5.91 Å². The lowest BCUT2D eigenvalue weighted by Crippen LogP contribution is -2.50. The molecule has 0 saturated carbocycles. The predicted octanol–water partition coefficient (Wildman–Crippen LogP) is 3.95. The maximum absolute atomic E-state index is 13.4. The van der Waals surface area contributed by atoms with Crippen LogP contribution in [0.5, 0.6) is 0 Å². The summed E-state index contributed by atoms with van der Waals surface area (Å²) in [6, 6.07) is 13.6. The average Bonchev–Trinajstić information content (AvgIpc) is 3.63. The van der Waals surface area contributed by atoms with Crippen LogP contribution in [0.15, 0.2) is 75.0 Å². The fourth-order valence-electron chi connectivity index (χ4n) is 4.40. The van der Waals surface area contributed by atoms with Gasteiger partial charge in [0, 0.05) is 31.9 Å². The molecule has 6 rings (SSSR count). The summed E-state index contributed by atoms with van der Waals surface area (Å²) in [5.74, 6) is 1.31. The van der Waals surface area contributed by atoms with Gasteiger partial charge in [-0.25, -0.2) is 4.39 Å². The lowest BCUT2D eigenvalue weighted by molar-refractivity contribution is 0.0813. The van der Waals surface area contributed by atoms with Crippen molar-refractivity contribution in [2.75, 3.05) is 31.1 Å². The number of fused-ring (bicyclic) bond motifs is 1. The maximum atomic E-state index is 13.4. The first-order chi connectivity index (χ1) is 16.2. The molecule has 2 unspecified atom stereocenters. The largest absolute Gasteiger partial charge is 0.468 e. The third-order valence-electron chi connectivity index (χ3n) is 6.02. The van der Waals surface area contributed by atoms with E-state index in [1.54, 1.807) is 36.8 Å². The summed E-state index contributed by atoms with van der Waals surface area (Å²) in [6.45, 7) is 3.00. The van der Waals surface area contributed by atoms with E-state index in [0.29, 0.717) is 16.7 Å². The molecule has 1 fully saturated rings. The van der Waals surface area contributed by atoms with Crippen LogP contribution in [0.2, 0.25) is 0 Å². The third-order valence-corrected chi connectivity index (χ3v) is 7.21. The Morgan fingerprint density at radius 2 is 1.76 bits per heavy atom. The van der Waals surface area contributed by atoms with Crippen molar-refractivity contribution in [2.45, 2.75) is 16.4 Å². The molecule has 0 amide bonds. The Balaban J connectivity index is 1.23. The van der Waals surface area contributed by atoms with Crippen molar-refractivity contribution in [3.63, 3.8) is 0 Å². The molecule has 10 heteroatoms. The van der Waals surface area contributed by atoms with Gasteiger partial charge in [-0.15, -0.1) is 5.10 Å². The van der Waals surface area contributed by atoms with Crippen LogP contribution in [0, 0.1) is 5.82 Å². The Labute approximate surface area is 193 Å². The van der Waals surface area contributed by atoms with Crippen LogP contribution < -0.4 is 4.90 Å². The summed E-state index contributed by atoms with van der Waals surface area (Å²) >= 11 is 1.40. The molecule has 0 radical (unpaired) electrons. The molecule has 3 aromatic heterocycles. The van der Waals surface area contributed by atoms with Crippen LogP contribution in [0.1, 0.15) is 16.6 Å². The molecule has 1 saturated heterocycles. The number of aromatic nitrogens is 3. The molecule has 33 heavy (non-hydrogen) atoms. The summed E-state index contributed by atoms with van der Waals surface area (Å²) in [4.78, 5) is 22.4. The first-order valence-corrected chi connectivity index (χ1v) is 11.5. The topological polar surface area (TPSA) is 80.5 Å². The summed E-state index contributed by atoms with van der Waals surface area (Å²) in [5.41, 5.74) is 0.992. The van der Waals surface area contributed by atoms with Gasteiger partial charge in [-0.1, -0.05) is 11.8 Å². The van der Waals surface area contributed by atoms with Crippen molar-refractivity contribution < 1.29 is 18.0 Å². The SMILES string of the molecule is O=C1C(C(c2ccco2)N2CCN(c3ccc(F)cc3)CC2)Sc2nc(-c3ccco3)nn21. The number of nitrogens with zero attached hydrogens (tertiary/aromatic N) is 5. The smallest absolute Gasteiger partial charge is 0.265 e. The highest BCUT2D eigenvalue weighted by Gasteiger charge is 2.45. The number of hydrogen-bond acceptors (Lipinski definition) is 8. The van der Waals surface area contributed by atoms with E-state index >= 15 is 0 Å². The normalized spacial score (nSPS) is 19.7. The molecule has 168 valence electrons. The molecule has 0 aliphatic carbocycles. The number of furan rings is 2. The fraction of sp³-hybridized carbons (Fsp3) is 0.261. The van der Waals surface area contributed by atoms with E-state index in [1.807, 2.05) is 12.1 Å². The van der Waals surface area contributed by atoms with Gasteiger partial charge in [0.15, 0.2) is 10.9 Å². The summed E-state index contributed by atoms with van der Waals surface area (Å²) in [7, 11) is 0. The highest BCUT2D eigenvalue weighted by atomic mass is 32.2. The van der Waals surface area contributed by atoms with Crippen LogP contribution in [0.25, 0.3) is 11.6 Å². The second-order valence-corrected chi connectivity index (χ2v) is 9.05. The zero-order valence-corrected chi connectivity index (χ0v) is 18.3. The highest BCUT2D eigenvalue weighted by molar-refractivity contribution is 8.00. The number of thioether (sulfide) groups is 1. The van der Waals surface area contributed by atoms with Crippen LogP contribution >= 0.6 is 11.8 Å². The maximum Gasteiger partial charge on any atom is 0.265 e. The zero-order valence-electron chi connectivity index (χ0n) is 17.5. The minimum Gasteiger partial charge on any atom is -0.468 e. The Morgan fingerprint density at radius 1 is 1.00 bits per heavy atom. The van der Waals surface area contributed by atoms with Crippen molar-refractivity contribution in [1.29, 1.82) is 0 Å². The molecule has 0 bridgehead atoms. The van der Waals surface area contributed by atoms with E-state index in [-0.39, 0.29) is 17.8 Å². The molecule has 5 heterocycles. The Bertz CT molecular complexity index is 1250. The van der Waals surface area contributed by atoms with Gasteiger partial charge in [-0.05, 0) is 48.5 Å². The van der Waals surface area contributed by atoms with Crippen molar-refractivity contribution in [3.8, 4) is 11.6 Å². The van der Waals surface area contributed by atoms with E-state index < -0.39 is 5.25 Å². The van der Waals surface area contributed by atoms with Gasteiger partial charge < -0.3 is 13.7 Å². The Morgan fingerprint density at radius 3 is 2.42 bits per heavy atom. The van der Waals surface area contributed by atoms with Gasteiger partial charge >= 0.3 is 0 Å². The zero-order chi connectivity index (χ0) is 22.4. The first-order valence-electron chi connectivity index (χ1n) is 10.7. The van der Waals surface area contributed by atoms with Crippen molar-refractivity contribution in [3.05, 3.63) is 72.6 Å². The molecular weight excluding hydrogens is 445 g/mol. The minimum absolute atomic E-state index is 0.123. The van der Waals surface area contributed by atoms with Crippen LogP contribution in [-0.4, -0.2) is 57.0 Å². The van der Waals surface area contributed by atoms with Crippen molar-refractivity contribution in [1.82, 2.24) is 19.7 Å². The van der Waals surface area contributed by atoms with E-state index in [2.05, 4.69) is 19.9 Å². The lowest BCUT2D eigenvalue weighted by Gasteiger charge is -2.40. The number of piperazine rings is 1. The highest BCUT2D eigenvalue weighted by Crippen LogP contribution is 2.42. The molecule has 2 aliphatic heterocycles.